The highest BCUT2D eigenvalue weighted by Gasteiger charge is 2.24. The summed E-state index contributed by atoms with van der Waals surface area (Å²) in [5.74, 6) is 0.684. The van der Waals surface area contributed by atoms with Gasteiger partial charge in [-0.15, -0.1) is 0 Å². The summed E-state index contributed by atoms with van der Waals surface area (Å²) in [5, 5.41) is 4.05. The van der Waals surface area contributed by atoms with E-state index in [0.717, 1.165) is 17.1 Å². The first kappa shape index (κ1) is 17.8. The van der Waals surface area contributed by atoms with Gasteiger partial charge < -0.3 is 9.80 Å². The Morgan fingerprint density at radius 1 is 0.964 bits per heavy atom. The molecule has 1 saturated heterocycles. The average molecular weight is 376 g/mol. The van der Waals surface area contributed by atoms with E-state index in [2.05, 4.69) is 20.0 Å². The summed E-state index contributed by atoms with van der Waals surface area (Å²) in [4.78, 5) is 36.8. The maximum atomic E-state index is 12.6. The molecule has 0 unspecified atom stereocenters. The van der Waals surface area contributed by atoms with Crippen LogP contribution in [-0.2, 0) is 7.05 Å². The quantitative estimate of drug-likeness (QED) is 0.683. The van der Waals surface area contributed by atoms with Crippen molar-refractivity contribution < 1.29 is 4.79 Å². The van der Waals surface area contributed by atoms with Crippen LogP contribution in [0.25, 0.3) is 11.3 Å². The van der Waals surface area contributed by atoms with Gasteiger partial charge in [-0.25, -0.2) is 14.6 Å². The van der Waals surface area contributed by atoms with E-state index in [-0.39, 0.29) is 17.2 Å². The molecule has 2 aromatic heterocycles. The van der Waals surface area contributed by atoms with Crippen LogP contribution in [0, 0.1) is 0 Å². The van der Waals surface area contributed by atoms with Gasteiger partial charge in [0.25, 0.3) is 11.5 Å². The van der Waals surface area contributed by atoms with E-state index >= 15 is 0 Å². The highest BCUT2D eigenvalue weighted by atomic mass is 16.2. The van der Waals surface area contributed by atoms with Gasteiger partial charge in [0.15, 0.2) is 0 Å². The van der Waals surface area contributed by atoms with Crippen LogP contribution in [0.3, 0.4) is 0 Å². The van der Waals surface area contributed by atoms with Crippen molar-refractivity contribution in [1.29, 1.82) is 0 Å². The van der Waals surface area contributed by atoms with Crippen molar-refractivity contribution in [3.63, 3.8) is 0 Å². The number of hydrogen-bond acceptors (Lipinski definition) is 6. The first-order valence-electron chi connectivity index (χ1n) is 9.08. The van der Waals surface area contributed by atoms with Crippen LogP contribution in [-0.4, -0.2) is 56.7 Å². The van der Waals surface area contributed by atoms with Gasteiger partial charge in [-0.3, -0.25) is 9.59 Å². The second kappa shape index (κ2) is 7.59. The van der Waals surface area contributed by atoms with E-state index in [1.165, 1.54) is 23.9 Å². The molecule has 0 spiro atoms. The number of aromatic nitrogens is 4. The minimum Gasteiger partial charge on any atom is -0.353 e. The molecule has 3 heterocycles. The summed E-state index contributed by atoms with van der Waals surface area (Å²) >= 11 is 0. The topological polar surface area (TPSA) is 84.2 Å². The fourth-order valence-corrected chi connectivity index (χ4v) is 3.20. The third kappa shape index (κ3) is 3.62. The van der Waals surface area contributed by atoms with Crippen molar-refractivity contribution in [2.24, 2.45) is 7.05 Å². The average Bonchev–Trinajstić information content (AvgIpc) is 2.76. The second-order valence-corrected chi connectivity index (χ2v) is 6.59. The molecule has 3 aromatic rings. The standard InChI is InChI=1S/C20H20N6O2/c1-24-19(27)8-7-16(23-24)20(28)26-11-9-25(10-12-26)18-13-17(21-14-22-18)15-5-3-2-4-6-15/h2-8,13-14H,9-12H2,1H3. The minimum absolute atomic E-state index is 0.164. The third-order valence-electron chi connectivity index (χ3n) is 4.79. The van der Waals surface area contributed by atoms with E-state index in [0.29, 0.717) is 26.2 Å². The molecule has 1 amide bonds. The molecular weight excluding hydrogens is 356 g/mol. The Morgan fingerprint density at radius 2 is 1.71 bits per heavy atom. The number of benzene rings is 1. The monoisotopic (exact) mass is 376 g/mol. The summed E-state index contributed by atoms with van der Waals surface area (Å²) in [7, 11) is 1.54. The first-order valence-corrected chi connectivity index (χ1v) is 9.08. The van der Waals surface area contributed by atoms with Gasteiger partial charge in [-0.05, 0) is 6.07 Å². The molecule has 8 heteroatoms. The van der Waals surface area contributed by atoms with Gasteiger partial charge in [0, 0.05) is 50.9 Å². The number of aryl methyl sites for hydroxylation is 1. The number of nitrogens with zero attached hydrogens (tertiary/aromatic N) is 6. The van der Waals surface area contributed by atoms with E-state index in [9.17, 15) is 9.59 Å². The maximum absolute atomic E-state index is 12.6. The van der Waals surface area contributed by atoms with E-state index < -0.39 is 0 Å². The van der Waals surface area contributed by atoms with Crippen LogP contribution in [0.5, 0.6) is 0 Å². The number of hydrogen-bond donors (Lipinski definition) is 0. The zero-order valence-corrected chi connectivity index (χ0v) is 15.5. The summed E-state index contributed by atoms with van der Waals surface area (Å²) in [6.07, 6.45) is 1.57. The lowest BCUT2D eigenvalue weighted by molar-refractivity contribution is 0.0738. The Labute approximate surface area is 162 Å². The molecule has 142 valence electrons. The Bertz CT molecular complexity index is 1040. The Kier molecular flexibility index (Phi) is 4.84. The third-order valence-corrected chi connectivity index (χ3v) is 4.79. The predicted octanol–water partition coefficient (Wildman–Crippen LogP) is 1.20. The van der Waals surface area contributed by atoms with Crippen LogP contribution in [0.15, 0.2) is 59.7 Å². The maximum Gasteiger partial charge on any atom is 0.274 e. The van der Waals surface area contributed by atoms with Crippen LogP contribution < -0.4 is 10.5 Å². The number of rotatable bonds is 3. The van der Waals surface area contributed by atoms with Gasteiger partial charge in [0.1, 0.15) is 17.8 Å². The molecule has 0 aliphatic carbocycles. The van der Waals surface area contributed by atoms with E-state index in [1.54, 1.807) is 11.2 Å². The zero-order chi connectivity index (χ0) is 19.5. The lowest BCUT2D eigenvalue weighted by Crippen LogP contribution is -2.49. The van der Waals surface area contributed by atoms with Gasteiger partial charge in [0.2, 0.25) is 0 Å². The molecule has 0 saturated carbocycles. The Hall–Kier alpha value is -3.55. The van der Waals surface area contributed by atoms with Crippen molar-refractivity contribution in [3.05, 3.63) is 70.9 Å². The lowest BCUT2D eigenvalue weighted by Gasteiger charge is -2.35. The van der Waals surface area contributed by atoms with Crippen molar-refractivity contribution in [3.8, 4) is 11.3 Å². The summed E-state index contributed by atoms with van der Waals surface area (Å²) in [6.45, 7) is 2.47. The summed E-state index contributed by atoms with van der Waals surface area (Å²) < 4.78 is 1.18. The fraction of sp³-hybridized carbons (Fsp3) is 0.250. The van der Waals surface area contributed by atoms with E-state index in [1.807, 2.05) is 36.4 Å². The number of anilines is 1. The van der Waals surface area contributed by atoms with Crippen LogP contribution in [0.2, 0.25) is 0 Å². The van der Waals surface area contributed by atoms with Crippen LogP contribution >= 0.6 is 0 Å². The summed E-state index contributed by atoms with van der Waals surface area (Å²) in [5.41, 5.74) is 1.96. The lowest BCUT2D eigenvalue weighted by atomic mass is 10.1. The van der Waals surface area contributed by atoms with Crippen LogP contribution in [0.4, 0.5) is 5.82 Å². The number of carbonyl (C=O) groups is 1. The van der Waals surface area contributed by atoms with Gasteiger partial charge in [0.05, 0.1) is 5.69 Å². The molecule has 0 atom stereocenters. The van der Waals surface area contributed by atoms with Crippen molar-refractivity contribution in [2.45, 2.75) is 0 Å². The highest BCUT2D eigenvalue weighted by molar-refractivity contribution is 5.92. The van der Waals surface area contributed by atoms with Gasteiger partial charge >= 0.3 is 0 Å². The first-order chi connectivity index (χ1) is 13.6. The van der Waals surface area contributed by atoms with Crippen molar-refractivity contribution >= 4 is 11.7 Å². The highest BCUT2D eigenvalue weighted by Crippen LogP contribution is 2.21. The molecule has 0 bridgehead atoms. The molecule has 1 aromatic carbocycles. The molecule has 0 N–H and O–H groups in total. The van der Waals surface area contributed by atoms with E-state index in [4.69, 9.17) is 0 Å². The molecule has 0 radical (unpaired) electrons. The fourth-order valence-electron chi connectivity index (χ4n) is 3.20. The van der Waals surface area contributed by atoms with Crippen LogP contribution in [0.1, 0.15) is 10.5 Å². The number of amides is 1. The molecule has 4 rings (SSSR count). The molecule has 1 aliphatic rings. The minimum atomic E-state index is -0.237. The SMILES string of the molecule is Cn1nc(C(=O)N2CCN(c3cc(-c4ccccc4)ncn3)CC2)ccc1=O. The Balaban J connectivity index is 1.45. The number of piperazine rings is 1. The predicted molar refractivity (Wildman–Crippen MR) is 105 cm³/mol. The van der Waals surface area contributed by atoms with Gasteiger partial charge in [-0.2, -0.15) is 5.10 Å². The second-order valence-electron chi connectivity index (χ2n) is 6.59. The molecule has 1 aliphatic heterocycles. The largest absolute Gasteiger partial charge is 0.353 e. The zero-order valence-electron chi connectivity index (χ0n) is 15.5. The summed E-state index contributed by atoms with van der Waals surface area (Å²) in [6, 6.07) is 14.8. The smallest absolute Gasteiger partial charge is 0.274 e. The van der Waals surface area contributed by atoms with Crippen molar-refractivity contribution in [2.75, 3.05) is 31.1 Å². The van der Waals surface area contributed by atoms with Gasteiger partial charge in [-0.1, -0.05) is 30.3 Å². The molecule has 8 nitrogen and oxygen atoms in total. The Morgan fingerprint density at radius 3 is 2.43 bits per heavy atom. The molecule has 28 heavy (non-hydrogen) atoms. The molecular formula is C20H20N6O2. The van der Waals surface area contributed by atoms with Crippen molar-refractivity contribution in [1.82, 2.24) is 24.6 Å². The normalized spacial score (nSPS) is 14.2. The number of carbonyl (C=O) groups excluding carboxylic acids is 1. The molecule has 1 fully saturated rings.